The van der Waals surface area contributed by atoms with Crippen molar-refractivity contribution < 1.29 is 12.8 Å². The van der Waals surface area contributed by atoms with E-state index in [1.807, 2.05) is 13.0 Å². The van der Waals surface area contributed by atoms with Crippen molar-refractivity contribution in [2.75, 3.05) is 13.1 Å². The van der Waals surface area contributed by atoms with E-state index >= 15 is 0 Å². The maximum absolute atomic E-state index is 13.3. The minimum Gasteiger partial charge on any atom is -0.357 e. The fraction of sp³-hybridized carbons (Fsp3) is 0.381. The van der Waals surface area contributed by atoms with E-state index in [2.05, 4.69) is 34.2 Å². The van der Waals surface area contributed by atoms with E-state index in [4.69, 9.17) is 0 Å². The van der Waals surface area contributed by atoms with Crippen molar-refractivity contribution in [2.45, 2.75) is 38.8 Å². The first-order chi connectivity index (χ1) is 13.8. The number of halogens is 2. The van der Waals surface area contributed by atoms with E-state index in [9.17, 15) is 12.8 Å². The Hall–Kier alpha value is -1.72. The van der Waals surface area contributed by atoms with Crippen molar-refractivity contribution >= 4 is 40.0 Å². The highest BCUT2D eigenvalue weighted by molar-refractivity contribution is 14.0. The van der Waals surface area contributed by atoms with Crippen molar-refractivity contribution in [1.29, 1.82) is 0 Å². The van der Waals surface area contributed by atoms with E-state index in [0.29, 0.717) is 24.0 Å². The first kappa shape index (κ1) is 26.3. The molecule has 0 spiro atoms. The number of nitrogens with zero attached hydrogens (tertiary/aromatic N) is 1. The number of benzene rings is 2. The van der Waals surface area contributed by atoms with Gasteiger partial charge in [-0.15, -0.1) is 24.0 Å². The highest BCUT2D eigenvalue weighted by Gasteiger charge is 2.14. The van der Waals surface area contributed by atoms with Gasteiger partial charge in [-0.1, -0.05) is 38.1 Å². The molecule has 30 heavy (non-hydrogen) atoms. The van der Waals surface area contributed by atoms with Gasteiger partial charge in [0.2, 0.25) is 10.0 Å². The maximum Gasteiger partial charge on any atom is 0.240 e. The molecule has 0 atom stereocenters. The summed E-state index contributed by atoms with van der Waals surface area (Å²) in [5, 5.41) is 6.43. The molecule has 0 radical (unpaired) electrons. The topological polar surface area (TPSA) is 82.6 Å². The summed E-state index contributed by atoms with van der Waals surface area (Å²) < 4.78 is 41.0. The zero-order valence-electron chi connectivity index (χ0n) is 17.5. The van der Waals surface area contributed by atoms with Gasteiger partial charge in [-0.3, -0.25) is 0 Å². The second-order valence-electron chi connectivity index (χ2n) is 7.07. The minimum absolute atomic E-state index is 0. The number of hydrogen-bond acceptors (Lipinski definition) is 3. The molecule has 0 bridgehead atoms. The molecule has 0 heterocycles. The van der Waals surface area contributed by atoms with Gasteiger partial charge in [-0.2, -0.15) is 0 Å². The van der Waals surface area contributed by atoms with E-state index in [1.54, 1.807) is 24.3 Å². The maximum atomic E-state index is 13.3. The predicted octanol–water partition coefficient (Wildman–Crippen LogP) is 3.63. The Morgan fingerprint density at radius 2 is 1.77 bits per heavy atom. The summed E-state index contributed by atoms with van der Waals surface area (Å²) in [6.45, 7) is 8.12. The van der Waals surface area contributed by atoms with Crippen LogP contribution in [0.5, 0.6) is 0 Å². The normalized spacial score (nSPS) is 11.8. The largest absolute Gasteiger partial charge is 0.357 e. The van der Waals surface area contributed by atoms with Crippen LogP contribution in [-0.4, -0.2) is 27.5 Å². The van der Waals surface area contributed by atoms with Gasteiger partial charge in [0.05, 0.1) is 11.4 Å². The average Bonchev–Trinajstić information content (AvgIpc) is 2.69. The third-order valence-corrected chi connectivity index (χ3v) is 5.40. The van der Waals surface area contributed by atoms with Gasteiger partial charge in [0.15, 0.2) is 5.96 Å². The third-order valence-electron chi connectivity index (χ3n) is 4.01. The molecule has 0 amide bonds. The van der Waals surface area contributed by atoms with Crippen molar-refractivity contribution in [2.24, 2.45) is 10.9 Å². The lowest BCUT2D eigenvalue weighted by Crippen LogP contribution is -2.39. The van der Waals surface area contributed by atoms with Gasteiger partial charge in [0.25, 0.3) is 0 Å². The molecular formula is C21H30FIN4O2S. The lowest BCUT2D eigenvalue weighted by Gasteiger charge is -2.13. The van der Waals surface area contributed by atoms with Gasteiger partial charge in [0.1, 0.15) is 5.82 Å². The Balaban J connectivity index is 0.00000450. The van der Waals surface area contributed by atoms with Crippen molar-refractivity contribution in [3.63, 3.8) is 0 Å². The predicted molar refractivity (Wildman–Crippen MR) is 130 cm³/mol. The van der Waals surface area contributed by atoms with Gasteiger partial charge in [-0.05, 0) is 48.2 Å². The summed E-state index contributed by atoms with van der Waals surface area (Å²) in [4.78, 5) is 4.67. The molecule has 166 valence electrons. The summed E-state index contributed by atoms with van der Waals surface area (Å²) in [6, 6.07) is 12.5. The lowest BCUT2D eigenvalue weighted by atomic mass is 10.2. The second kappa shape index (κ2) is 12.9. The van der Waals surface area contributed by atoms with E-state index in [0.717, 1.165) is 18.7 Å². The molecule has 0 aromatic heterocycles. The van der Waals surface area contributed by atoms with Crippen LogP contribution < -0.4 is 15.4 Å². The van der Waals surface area contributed by atoms with Crippen LogP contribution in [0, 0.1) is 11.7 Å². The average molecular weight is 548 g/mol. The highest BCUT2D eigenvalue weighted by atomic mass is 127. The first-order valence-electron chi connectivity index (χ1n) is 9.65. The molecule has 0 saturated heterocycles. The lowest BCUT2D eigenvalue weighted by molar-refractivity contribution is 0.580. The van der Waals surface area contributed by atoms with Crippen LogP contribution in [0.15, 0.2) is 58.4 Å². The molecule has 0 unspecified atom stereocenters. The SMILES string of the molecule is CCNC(=NCc1cccc(S(=O)(=O)NCc2cccc(F)c2)c1)NCC(C)C.I. The highest BCUT2D eigenvalue weighted by Crippen LogP contribution is 2.13. The Kier molecular flexibility index (Phi) is 11.3. The fourth-order valence-electron chi connectivity index (χ4n) is 2.53. The number of sulfonamides is 1. The van der Waals surface area contributed by atoms with E-state index < -0.39 is 15.8 Å². The molecule has 3 N–H and O–H groups in total. The summed E-state index contributed by atoms with van der Waals surface area (Å²) in [5.74, 6) is 0.777. The molecule has 0 aliphatic carbocycles. The Bertz CT molecular complexity index is 936. The molecule has 2 aromatic carbocycles. The number of hydrogen-bond donors (Lipinski definition) is 3. The zero-order chi connectivity index (χ0) is 21.3. The van der Waals surface area contributed by atoms with Crippen molar-refractivity contribution in [1.82, 2.24) is 15.4 Å². The second-order valence-corrected chi connectivity index (χ2v) is 8.84. The van der Waals surface area contributed by atoms with Crippen molar-refractivity contribution in [3.05, 3.63) is 65.5 Å². The number of guanidine groups is 1. The quantitative estimate of drug-likeness (QED) is 0.254. The number of aliphatic imine (C=N–C) groups is 1. The monoisotopic (exact) mass is 548 g/mol. The van der Waals surface area contributed by atoms with Crippen LogP contribution in [0.25, 0.3) is 0 Å². The van der Waals surface area contributed by atoms with Crippen LogP contribution in [-0.2, 0) is 23.1 Å². The molecule has 0 fully saturated rings. The molecule has 2 rings (SSSR count). The first-order valence-corrected chi connectivity index (χ1v) is 11.1. The number of nitrogens with one attached hydrogen (secondary N) is 3. The van der Waals surface area contributed by atoms with Gasteiger partial charge in [-0.25, -0.2) is 22.5 Å². The van der Waals surface area contributed by atoms with E-state index in [1.165, 1.54) is 18.2 Å². The molecule has 2 aromatic rings. The van der Waals surface area contributed by atoms with Crippen LogP contribution in [0.2, 0.25) is 0 Å². The van der Waals surface area contributed by atoms with Crippen molar-refractivity contribution in [3.8, 4) is 0 Å². The smallest absolute Gasteiger partial charge is 0.240 e. The molecule has 0 aliphatic rings. The Labute approximate surface area is 195 Å². The Morgan fingerprint density at radius 3 is 2.43 bits per heavy atom. The summed E-state index contributed by atoms with van der Waals surface area (Å²) in [7, 11) is -3.72. The van der Waals surface area contributed by atoms with Crippen LogP contribution in [0.1, 0.15) is 31.9 Å². The van der Waals surface area contributed by atoms with E-state index in [-0.39, 0.29) is 35.4 Å². The minimum atomic E-state index is -3.72. The number of rotatable bonds is 9. The van der Waals surface area contributed by atoms with Crippen LogP contribution in [0.4, 0.5) is 4.39 Å². The molecule has 9 heteroatoms. The molecule has 0 aliphatic heterocycles. The summed E-state index contributed by atoms with van der Waals surface area (Å²) >= 11 is 0. The molecule has 6 nitrogen and oxygen atoms in total. The summed E-state index contributed by atoms with van der Waals surface area (Å²) in [5.41, 5.74) is 1.33. The molecular weight excluding hydrogens is 518 g/mol. The van der Waals surface area contributed by atoms with Crippen LogP contribution in [0.3, 0.4) is 0 Å². The standard InChI is InChI=1S/C21H29FN4O2S.HI/c1-4-23-21(24-13-16(2)3)25-14-18-8-6-10-20(12-18)29(27,28)26-15-17-7-5-9-19(22)11-17;/h5-12,16,26H,4,13-15H2,1-3H3,(H2,23,24,25);1H. The van der Waals surface area contributed by atoms with Gasteiger partial charge < -0.3 is 10.6 Å². The van der Waals surface area contributed by atoms with Gasteiger partial charge in [0, 0.05) is 19.6 Å². The summed E-state index contributed by atoms with van der Waals surface area (Å²) in [6.07, 6.45) is 0. The fourth-order valence-corrected chi connectivity index (χ4v) is 3.62. The Morgan fingerprint density at radius 1 is 1.07 bits per heavy atom. The molecule has 0 saturated carbocycles. The van der Waals surface area contributed by atoms with Gasteiger partial charge >= 0.3 is 0 Å². The van der Waals surface area contributed by atoms with Crippen LogP contribution >= 0.6 is 24.0 Å². The third kappa shape index (κ3) is 8.97. The zero-order valence-corrected chi connectivity index (χ0v) is 20.6.